The molecule has 0 bridgehead atoms. The minimum atomic E-state index is -0.739. The zero-order chi connectivity index (χ0) is 13.5. The van der Waals surface area contributed by atoms with Gasteiger partial charge in [0.25, 0.3) is 0 Å². The summed E-state index contributed by atoms with van der Waals surface area (Å²) in [5.41, 5.74) is 2.62. The predicted octanol–water partition coefficient (Wildman–Crippen LogP) is 4.61. The summed E-state index contributed by atoms with van der Waals surface area (Å²) in [6.45, 7) is 0. The van der Waals surface area contributed by atoms with Crippen LogP contribution < -0.4 is 0 Å². The van der Waals surface area contributed by atoms with Crippen molar-refractivity contribution in [1.82, 2.24) is 0 Å². The molecule has 1 N–H and O–H groups in total. The Bertz CT molecular complexity index is 425. The first-order chi connectivity index (χ1) is 9.25. The average Bonchev–Trinajstić information content (AvgIpc) is 2.45. The normalized spacial score (nSPS) is 16.8. The van der Waals surface area contributed by atoms with Gasteiger partial charge in [0.2, 0.25) is 0 Å². The van der Waals surface area contributed by atoms with Gasteiger partial charge in [0.15, 0.2) is 0 Å². The smallest absolute Gasteiger partial charge is 0.303 e. The molecule has 1 aromatic rings. The van der Waals surface area contributed by atoms with Crippen molar-refractivity contribution in [1.29, 1.82) is 0 Å². The van der Waals surface area contributed by atoms with Gasteiger partial charge in [0.05, 0.1) is 0 Å². The number of hydrogen-bond acceptors (Lipinski definition) is 1. The maximum Gasteiger partial charge on any atom is 0.303 e. The third-order valence-electron chi connectivity index (χ3n) is 3.85. The second-order valence-corrected chi connectivity index (χ2v) is 5.34. The molecule has 0 amide bonds. The number of carboxylic acid groups (broad SMARTS) is 1. The molecule has 2 rings (SSSR count). The third-order valence-corrected chi connectivity index (χ3v) is 3.85. The van der Waals surface area contributed by atoms with Gasteiger partial charge in [0.1, 0.15) is 0 Å². The van der Waals surface area contributed by atoms with Gasteiger partial charge in [-0.2, -0.15) is 0 Å². The van der Waals surface area contributed by atoms with Crippen LogP contribution in [0.1, 0.15) is 62.0 Å². The van der Waals surface area contributed by atoms with Crippen LogP contribution in [0.25, 0.3) is 6.08 Å². The van der Waals surface area contributed by atoms with Gasteiger partial charge in [-0.3, -0.25) is 4.79 Å². The van der Waals surface area contributed by atoms with Crippen molar-refractivity contribution < 1.29 is 9.90 Å². The Hall–Kier alpha value is -1.57. The van der Waals surface area contributed by atoms with Gasteiger partial charge < -0.3 is 5.11 Å². The lowest BCUT2D eigenvalue weighted by molar-refractivity contribution is -0.136. The van der Waals surface area contributed by atoms with Gasteiger partial charge in [-0.15, -0.1) is 0 Å². The fraction of sp³-hybridized carbons (Fsp3) is 0.471. The van der Waals surface area contributed by atoms with Gasteiger partial charge in [-0.1, -0.05) is 55.7 Å². The molecule has 1 fully saturated rings. The monoisotopic (exact) mass is 258 g/mol. The summed E-state index contributed by atoms with van der Waals surface area (Å²) in [7, 11) is 0. The highest BCUT2D eigenvalue weighted by molar-refractivity contribution is 5.67. The molecule has 2 nitrogen and oxygen atoms in total. The number of rotatable bonds is 5. The molecule has 0 atom stereocenters. The lowest BCUT2D eigenvalue weighted by Gasteiger charge is -2.21. The molecular weight excluding hydrogens is 236 g/mol. The molecule has 0 spiro atoms. The van der Waals surface area contributed by atoms with Crippen molar-refractivity contribution in [3.05, 3.63) is 41.5 Å². The quantitative estimate of drug-likeness (QED) is 0.837. The van der Waals surface area contributed by atoms with Gasteiger partial charge in [-0.25, -0.2) is 0 Å². The summed E-state index contributed by atoms with van der Waals surface area (Å²) in [5, 5.41) is 8.56. The van der Waals surface area contributed by atoms with Crippen molar-refractivity contribution in [2.45, 2.75) is 50.9 Å². The molecule has 2 heteroatoms. The van der Waals surface area contributed by atoms with Crippen molar-refractivity contribution in [3.8, 4) is 0 Å². The highest BCUT2D eigenvalue weighted by atomic mass is 16.4. The van der Waals surface area contributed by atoms with Crippen molar-refractivity contribution >= 4 is 12.0 Å². The van der Waals surface area contributed by atoms with E-state index in [1.807, 2.05) is 12.2 Å². The Kier molecular flexibility index (Phi) is 5.20. The number of benzene rings is 1. The lowest BCUT2D eigenvalue weighted by Crippen LogP contribution is -2.04. The molecule has 0 aromatic heterocycles. The van der Waals surface area contributed by atoms with Crippen LogP contribution in [0.5, 0.6) is 0 Å². The van der Waals surface area contributed by atoms with Crippen molar-refractivity contribution in [3.63, 3.8) is 0 Å². The van der Waals surface area contributed by atoms with E-state index in [2.05, 4.69) is 24.3 Å². The summed E-state index contributed by atoms with van der Waals surface area (Å²) >= 11 is 0. The van der Waals surface area contributed by atoms with Gasteiger partial charge >= 0.3 is 5.97 Å². The third kappa shape index (κ3) is 4.55. The highest BCUT2D eigenvalue weighted by Gasteiger charge is 2.14. The van der Waals surface area contributed by atoms with E-state index in [0.29, 0.717) is 6.42 Å². The first-order valence-electron chi connectivity index (χ1n) is 7.24. The number of carbonyl (C=O) groups is 1. The Morgan fingerprint density at radius 3 is 2.47 bits per heavy atom. The second kappa shape index (κ2) is 7.13. The predicted molar refractivity (Wildman–Crippen MR) is 78.2 cm³/mol. The Balaban J connectivity index is 1.88. The van der Waals surface area contributed by atoms with Crippen molar-refractivity contribution in [2.75, 3.05) is 0 Å². The van der Waals surface area contributed by atoms with Crippen LogP contribution in [0.3, 0.4) is 0 Å². The van der Waals surface area contributed by atoms with Crippen LogP contribution in [0.2, 0.25) is 0 Å². The van der Waals surface area contributed by atoms with E-state index in [0.717, 1.165) is 11.5 Å². The maximum absolute atomic E-state index is 10.4. The number of carboxylic acids is 1. The summed E-state index contributed by atoms with van der Waals surface area (Å²) in [5.74, 6) is 0.0103. The van der Waals surface area contributed by atoms with E-state index in [1.165, 1.54) is 37.7 Å². The fourth-order valence-corrected chi connectivity index (χ4v) is 2.74. The zero-order valence-corrected chi connectivity index (χ0v) is 11.3. The molecule has 102 valence electrons. The summed E-state index contributed by atoms with van der Waals surface area (Å²) in [6.07, 6.45) is 11.5. The molecule has 1 aliphatic carbocycles. The zero-order valence-electron chi connectivity index (χ0n) is 11.3. The van der Waals surface area contributed by atoms with Crippen LogP contribution >= 0.6 is 0 Å². The summed E-state index contributed by atoms with van der Waals surface area (Å²) in [4.78, 5) is 10.4. The van der Waals surface area contributed by atoms with E-state index < -0.39 is 5.97 Å². The van der Waals surface area contributed by atoms with E-state index in [1.54, 1.807) is 0 Å². The molecule has 0 unspecified atom stereocenters. The molecule has 1 aliphatic rings. The average molecular weight is 258 g/mol. The standard InChI is InChI=1S/C17H22O2/c18-17(19)9-5-4-6-14-10-12-16(13-11-14)15-7-2-1-3-8-15/h4,6,10-13,15H,1-3,5,7-9H2,(H,18,19)/b6-4+. The molecule has 0 heterocycles. The molecule has 1 saturated carbocycles. The van der Waals surface area contributed by atoms with E-state index in [4.69, 9.17) is 5.11 Å². The topological polar surface area (TPSA) is 37.3 Å². The van der Waals surface area contributed by atoms with Crippen LogP contribution in [0, 0.1) is 0 Å². The molecule has 0 aliphatic heterocycles. The SMILES string of the molecule is O=C(O)CC/C=C/c1ccc(C2CCCCC2)cc1. The Morgan fingerprint density at radius 2 is 1.84 bits per heavy atom. The Morgan fingerprint density at radius 1 is 1.16 bits per heavy atom. The lowest BCUT2D eigenvalue weighted by atomic mass is 9.84. The minimum Gasteiger partial charge on any atom is -0.481 e. The highest BCUT2D eigenvalue weighted by Crippen LogP contribution is 2.32. The largest absolute Gasteiger partial charge is 0.481 e. The van der Waals surface area contributed by atoms with Crippen LogP contribution in [0.15, 0.2) is 30.3 Å². The molecule has 1 aromatic carbocycles. The Labute approximate surface area is 115 Å². The number of hydrogen-bond donors (Lipinski definition) is 1. The van der Waals surface area contributed by atoms with E-state index >= 15 is 0 Å². The minimum absolute atomic E-state index is 0.205. The van der Waals surface area contributed by atoms with E-state index in [9.17, 15) is 4.79 Å². The second-order valence-electron chi connectivity index (χ2n) is 5.34. The first kappa shape index (κ1) is 13.9. The molecule has 0 radical (unpaired) electrons. The number of aliphatic carboxylic acids is 1. The molecular formula is C17H22O2. The molecule has 0 saturated heterocycles. The van der Waals surface area contributed by atoms with Gasteiger partial charge in [-0.05, 0) is 36.3 Å². The van der Waals surface area contributed by atoms with Crippen molar-refractivity contribution in [2.24, 2.45) is 0 Å². The fourth-order valence-electron chi connectivity index (χ4n) is 2.74. The number of allylic oxidation sites excluding steroid dienone is 1. The summed E-state index contributed by atoms with van der Waals surface area (Å²) < 4.78 is 0. The first-order valence-corrected chi connectivity index (χ1v) is 7.24. The van der Waals surface area contributed by atoms with Crippen LogP contribution in [0.4, 0.5) is 0 Å². The van der Waals surface area contributed by atoms with Crippen LogP contribution in [-0.2, 0) is 4.79 Å². The molecule has 19 heavy (non-hydrogen) atoms. The maximum atomic E-state index is 10.4. The van der Waals surface area contributed by atoms with E-state index in [-0.39, 0.29) is 6.42 Å². The summed E-state index contributed by atoms with van der Waals surface area (Å²) in [6, 6.07) is 8.74. The van der Waals surface area contributed by atoms with Gasteiger partial charge in [0, 0.05) is 6.42 Å². The van der Waals surface area contributed by atoms with Crippen LogP contribution in [-0.4, -0.2) is 11.1 Å².